The molecule has 22 heavy (non-hydrogen) atoms. The minimum atomic E-state index is -0.475. The van der Waals surface area contributed by atoms with Crippen molar-refractivity contribution in [3.8, 4) is 11.5 Å². The van der Waals surface area contributed by atoms with Gasteiger partial charge in [0.05, 0.1) is 18.0 Å². The lowest BCUT2D eigenvalue weighted by atomic mass is 10.2. The topological polar surface area (TPSA) is 90.2 Å². The lowest BCUT2D eigenvalue weighted by Gasteiger charge is -2.10. The van der Waals surface area contributed by atoms with Gasteiger partial charge in [-0.3, -0.25) is 0 Å². The van der Waals surface area contributed by atoms with Crippen LogP contribution >= 0.6 is 0 Å². The summed E-state index contributed by atoms with van der Waals surface area (Å²) in [7, 11) is 1.62. The van der Waals surface area contributed by atoms with Crippen LogP contribution < -0.4 is 20.9 Å². The standard InChI is InChI=1S/C16H15N3O3/c1-21-11-7-5-10(6-8-11)9-22-13-4-2-3-12-14(13)15(17)19-16(20)18-12/h2-8H,9H2,1H3,(H3,17,18,19,20). The van der Waals surface area contributed by atoms with E-state index in [1.54, 1.807) is 25.3 Å². The summed E-state index contributed by atoms with van der Waals surface area (Å²) in [6.07, 6.45) is 0. The normalized spacial score (nSPS) is 10.6. The molecule has 0 bridgehead atoms. The summed E-state index contributed by atoms with van der Waals surface area (Å²) in [6.45, 7) is 0.377. The molecule has 0 saturated heterocycles. The zero-order valence-electron chi connectivity index (χ0n) is 12.0. The molecular formula is C16H15N3O3. The van der Waals surface area contributed by atoms with Crippen LogP contribution in [0.5, 0.6) is 11.5 Å². The second kappa shape index (κ2) is 5.77. The fraction of sp³-hybridized carbons (Fsp3) is 0.125. The molecule has 0 aliphatic heterocycles. The van der Waals surface area contributed by atoms with Crippen LogP contribution in [-0.2, 0) is 6.61 Å². The van der Waals surface area contributed by atoms with E-state index in [1.807, 2.05) is 24.3 Å². The van der Waals surface area contributed by atoms with Crippen LogP contribution in [-0.4, -0.2) is 17.1 Å². The molecule has 0 aliphatic carbocycles. The Labute approximate surface area is 126 Å². The average molecular weight is 297 g/mol. The van der Waals surface area contributed by atoms with Gasteiger partial charge in [0, 0.05) is 0 Å². The summed E-state index contributed by atoms with van der Waals surface area (Å²) in [5.41, 5.74) is 6.96. The Morgan fingerprint density at radius 3 is 2.68 bits per heavy atom. The number of hydrogen-bond donors (Lipinski definition) is 2. The number of nitrogens with one attached hydrogen (secondary N) is 1. The average Bonchev–Trinajstić information content (AvgIpc) is 2.52. The maximum absolute atomic E-state index is 11.4. The van der Waals surface area contributed by atoms with E-state index in [-0.39, 0.29) is 5.82 Å². The van der Waals surface area contributed by atoms with Crippen molar-refractivity contribution in [2.75, 3.05) is 12.8 Å². The largest absolute Gasteiger partial charge is 0.497 e. The number of hydrogen-bond acceptors (Lipinski definition) is 5. The third-order valence-electron chi connectivity index (χ3n) is 3.30. The lowest BCUT2D eigenvalue weighted by molar-refractivity contribution is 0.310. The van der Waals surface area contributed by atoms with E-state index in [9.17, 15) is 4.79 Å². The zero-order chi connectivity index (χ0) is 15.5. The van der Waals surface area contributed by atoms with E-state index in [2.05, 4.69) is 9.97 Å². The molecular weight excluding hydrogens is 282 g/mol. The van der Waals surface area contributed by atoms with Gasteiger partial charge in [0.2, 0.25) is 0 Å². The predicted molar refractivity (Wildman–Crippen MR) is 84.1 cm³/mol. The number of anilines is 1. The fourth-order valence-electron chi connectivity index (χ4n) is 2.21. The van der Waals surface area contributed by atoms with Crippen molar-refractivity contribution in [2.45, 2.75) is 6.61 Å². The van der Waals surface area contributed by atoms with Crippen molar-refractivity contribution in [2.24, 2.45) is 0 Å². The van der Waals surface area contributed by atoms with Gasteiger partial charge in [0.1, 0.15) is 23.9 Å². The number of H-pyrrole nitrogens is 1. The molecule has 6 nitrogen and oxygen atoms in total. The molecule has 1 aromatic heterocycles. The Balaban J connectivity index is 1.88. The van der Waals surface area contributed by atoms with Crippen LogP contribution in [0.15, 0.2) is 47.3 Å². The number of benzene rings is 2. The first kappa shape index (κ1) is 13.9. The van der Waals surface area contributed by atoms with Gasteiger partial charge in [-0.25, -0.2) is 4.79 Å². The van der Waals surface area contributed by atoms with Crippen LogP contribution in [0.2, 0.25) is 0 Å². The van der Waals surface area contributed by atoms with Gasteiger partial charge in [0.15, 0.2) is 0 Å². The van der Waals surface area contributed by atoms with E-state index in [0.717, 1.165) is 11.3 Å². The number of aromatic amines is 1. The number of nitrogens with zero attached hydrogens (tertiary/aromatic N) is 1. The molecule has 0 atom stereocenters. The Kier molecular flexibility index (Phi) is 3.65. The first-order chi connectivity index (χ1) is 10.7. The molecule has 6 heteroatoms. The molecule has 3 N–H and O–H groups in total. The highest BCUT2D eigenvalue weighted by molar-refractivity contribution is 5.93. The van der Waals surface area contributed by atoms with Crippen LogP contribution in [0, 0.1) is 0 Å². The fourth-order valence-corrected chi connectivity index (χ4v) is 2.21. The summed E-state index contributed by atoms with van der Waals surface area (Å²) in [5.74, 6) is 1.53. The molecule has 1 heterocycles. The second-order valence-corrected chi connectivity index (χ2v) is 4.74. The van der Waals surface area contributed by atoms with Gasteiger partial charge in [-0.1, -0.05) is 18.2 Å². The Morgan fingerprint density at radius 1 is 1.18 bits per heavy atom. The number of aromatic nitrogens is 2. The molecule has 3 rings (SSSR count). The van der Waals surface area contributed by atoms with Crippen molar-refractivity contribution >= 4 is 16.7 Å². The second-order valence-electron chi connectivity index (χ2n) is 4.74. The highest BCUT2D eigenvalue weighted by Gasteiger charge is 2.08. The van der Waals surface area contributed by atoms with Crippen LogP contribution in [0.1, 0.15) is 5.56 Å². The van der Waals surface area contributed by atoms with Gasteiger partial charge in [-0.15, -0.1) is 0 Å². The molecule has 0 saturated carbocycles. The van der Waals surface area contributed by atoms with Crippen molar-refractivity contribution in [1.82, 2.24) is 9.97 Å². The molecule has 2 aromatic carbocycles. The van der Waals surface area contributed by atoms with E-state index < -0.39 is 5.69 Å². The minimum Gasteiger partial charge on any atom is -0.497 e. The minimum absolute atomic E-state index is 0.157. The summed E-state index contributed by atoms with van der Waals surface area (Å²) in [6, 6.07) is 12.9. The SMILES string of the molecule is COc1ccc(COc2cccc3[nH]c(=O)nc(N)c23)cc1. The maximum Gasteiger partial charge on any atom is 0.347 e. The first-order valence-electron chi connectivity index (χ1n) is 6.71. The predicted octanol–water partition coefficient (Wildman–Crippen LogP) is 2.09. The monoisotopic (exact) mass is 297 g/mol. The van der Waals surface area contributed by atoms with Crippen molar-refractivity contribution in [3.05, 3.63) is 58.5 Å². The molecule has 0 radical (unpaired) electrons. The lowest BCUT2D eigenvalue weighted by Crippen LogP contribution is -2.13. The quantitative estimate of drug-likeness (QED) is 0.769. The van der Waals surface area contributed by atoms with Gasteiger partial charge in [-0.2, -0.15) is 4.98 Å². The number of nitrogens with two attached hydrogens (primary N) is 1. The third kappa shape index (κ3) is 2.71. The zero-order valence-corrected chi connectivity index (χ0v) is 12.0. The summed E-state index contributed by atoms with van der Waals surface area (Å²) < 4.78 is 10.9. The van der Waals surface area contributed by atoms with E-state index in [1.165, 1.54) is 0 Å². The summed E-state index contributed by atoms with van der Waals surface area (Å²) in [4.78, 5) is 17.7. The van der Waals surface area contributed by atoms with Gasteiger partial charge in [-0.05, 0) is 29.8 Å². The van der Waals surface area contributed by atoms with Gasteiger partial charge >= 0.3 is 5.69 Å². The highest BCUT2D eigenvalue weighted by atomic mass is 16.5. The number of nitrogen functional groups attached to an aromatic ring is 1. The Morgan fingerprint density at radius 2 is 1.95 bits per heavy atom. The van der Waals surface area contributed by atoms with Crippen molar-refractivity contribution in [3.63, 3.8) is 0 Å². The number of fused-ring (bicyclic) bond motifs is 1. The Hall–Kier alpha value is -3.02. The van der Waals surface area contributed by atoms with Crippen LogP contribution in [0.4, 0.5) is 5.82 Å². The van der Waals surface area contributed by atoms with Gasteiger partial charge in [0.25, 0.3) is 0 Å². The van der Waals surface area contributed by atoms with Gasteiger partial charge < -0.3 is 20.2 Å². The highest BCUT2D eigenvalue weighted by Crippen LogP contribution is 2.28. The van der Waals surface area contributed by atoms with Crippen molar-refractivity contribution in [1.29, 1.82) is 0 Å². The van der Waals surface area contributed by atoms with E-state index in [0.29, 0.717) is 23.3 Å². The molecule has 3 aromatic rings. The summed E-state index contributed by atoms with van der Waals surface area (Å²) in [5, 5.41) is 0.607. The smallest absolute Gasteiger partial charge is 0.347 e. The molecule has 0 aliphatic rings. The third-order valence-corrected chi connectivity index (χ3v) is 3.30. The molecule has 0 unspecified atom stereocenters. The maximum atomic E-state index is 11.4. The number of methoxy groups -OCH3 is 1. The number of ether oxygens (including phenoxy) is 2. The Bertz CT molecular complexity index is 857. The molecule has 0 spiro atoms. The summed E-state index contributed by atoms with van der Waals surface area (Å²) >= 11 is 0. The van der Waals surface area contributed by atoms with E-state index >= 15 is 0 Å². The molecule has 0 fully saturated rings. The molecule has 0 amide bonds. The van der Waals surface area contributed by atoms with Crippen LogP contribution in [0.3, 0.4) is 0 Å². The first-order valence-corrected chi connectivity index (χ1v) is 6.71. The molecule has 112 valence electrons. The van der Waals surface area contributed by atoms with Crippen molar-refractivity contribution < 1.29 is 9.47 Å². The van der Waals surface area contributed by atoms with Crippen LogP contribution in [0.25, 0.3) is 10.9 Å². The number of rotatable bonds is 4. The van der Waals surface area contributed by atoms with E-state index in [4.69, 9.17) is 15.2 Å².